The Balaban J connectivity index is 1.92. The Kier molecular flexibility index (Phi) is 4.58. The van der Waals surface area contributed by atoms with Crippen molar-refractivity contribution in [2.24, 2.45) is 0 Å². The number of thioether (sulfide) groups is 1. The Hall–Kier alpha value is -0.850. The SMILES string of the molecule is N#Cc1ccc(NCC2CCCCS2)c(Cl)c1. The van der Waals surface area contributed by atoms with Crippen LogP contribution < -0.4 is 5.32 Å². The molecule has 1 aliphatic heterocycles. The standard InChI is InChI=1S/C13H15ClN2S/c14-12-7-10(8-15)4-5-13(12)16-9-11-3-1-2-6-17-11/h4-5,7,11,16H,1-3,6,9H2. The second-order valence-corrected chi connectivity index (χ2v) is 5.99. The van der Waals surface area contributed by atoms with Gasteiger partial charge in [-0.05, 0) is 36.8 Å². The molecule has 17 heavy (non-hydrogen) atoms. The molecule has 2 nitrogen and oxygen atoms in total. The summed E-state index contributed by atoms with van der Waals surface area (Å²) < 4.78 is 0. The van der Waals surface area contributed by atoms with Gasteiger partial charge in [-0.1, -0.05) is 18.0 Å². The molecule has 1 saturated heterocycles. The summed E-state index contributed by atoms with van der Waals surface area (Å²) in [5.41, 5.74) is 1.53. The van der Waals surface area contributed by atoms with Crippen molar-refractivity contribution >= 4 is 29.1 Å². The van der Waals surface area contributed by atoms with Gasteiger partial charge in [0, 0.05) is 11.8 Å². The van der Waals surface area contributed by atoms with Crippen molar-refractivity contribution in [3.05, 3.63) is 28.8 Å². The highest BCUT2D eigenvalue weighted by Crippen LogP contribution is 2.27. The van der Waals surface area contributed by atoms with Crippen molar-refractivity contribution in [1.82, 2.24) is 0 Å². The molecule has 0 radical (unpaired) electrons. The predicted molar refractivity (Wildman–Crippen MR) is 74.8 cm³/mol. The van der Waals surface area contributed by atoms with Crippen LogP contribution in [0.1, 0.15) is 24.8 Å². The van der Waals surface area contributed by atoms with Crippen LogP contribution in [0.5, 0.6) is 0 Å². The number of nitrogens with zero attached hydrogens (tertiary/aromatic N) is 1. The van der Waals surface area contributed by atoms with Crippen LogP contribution in [0.15, 0.2) is 18.2 Å². The molecule has 1 heterocycles. The number of nitrogens with one attached hydrogen (secondary N) is 1. The highest BCUT2D eigenvalue weighted by atomic mass is 35.5. The van der Waals surface area contributed by atoms with Crippen LogP contribution in [0.3, 0.4) is 0 Å². The summed E-state index contributed by atoms with van der Waals surface area (Å²) >= 11 is 8.14. The van der Waals surface area contributed by atoms with E-state index in [2.05, 4.69) is 11.4 Å². The second-order valence-electron chi connectivity index (χ2n) is 4.18. The molecule has 1 aromatic rings. The maximum atomic E-state index is 8.75. The molecule has 1 unspecified atom stereocenters. The number of anilines is 1. The Morgan fingerprint density at radius 2 is 2.35 bits per heavy atom. The van der Waals surface area contributed by atoms with Gasteiger partial charge in [0.1, 0.15) is 0 Å². The summed E-state index contributed by atoms with van der Waals surface area (Å²) in [5.74, 6) is 1.27. The summed E-state index contributed by atoms with van der Waals surface area (Å²) in [7, 11) is 0. The highest BCUT2D eigenvalue weighted by Gasteiger charge is 2.13. The molecule has 0 aromatic heterocycles. The minimum atomic E-state index is 0.604. The largest absolute Gasteiger partial charge is 0.383 e. The third-order valence-corrected chi connectivity index (χ3v) is 4.60. The normalized spacial score (nSPS) is 19.6. The van der Waals surface area contributed by atoms with E-state index >= 15 is 0 Å². The van der Waals surface area contributed by atoms with Crippen molar-refractivity contribution in [2.45, 2.75) is 24.5 Å². The molecule has 0 aliphatic carbocycles. The van der Waals surface area contributed by atoms with Crippen LogP contribution in [0.4, 0.5) is 5.69 Å². The van der Waals surface area contributed by atoms with Gasteiger partial charge in [-0.3, -0.25) is 0 Å². The van der Waals surface area contributed by atoms with Crippen molar-refractivity contribution in [3.63, 3.8) is 0 Å². The minimum absolute atomic E-state index is 0.604. The number of benzene rings is 1. The van der Waals surface area contributed by atoms with Gasteiger partial charge in [0.25, 0.3) is 0 Å². The summed E-state index contributed by atoms with van der Waals surface area (Å²) in [6.07, 6.45) is 3.96. The van der Waals surface area contributed by atoms with Gasteiger partial charge in [-0.25, -0.2) is 0 Å². The lowest BCUT2D eigenvalue weighted by atomic mass is 10.2. The molecule has 1 N–H and O–H groups in total. The van der Waals surface area contributed by atoms with Gasteiger partial charge in [-0.15, -0.1) is 0 Å². The van der Waals surface area contributed by atoms with Crippen molar-refractivity contribution < 1.29 is 0 Å². The number of halogens is 1. The fourth-order valence-corrected chi connectivity index (χ4v) is 3.41. The molecule has 1 atom stereocenters. The van der Waals surface area contributed by atoms with E-state index in [1.165, 1.54) is 25.0 Å². The molecular weight excluding hydrogens is 252 g/mol. The molecular formula is C13H15ClN2S. The van der Waals surface area contributed by atoms with Gasteiger partial charge >= 0.3 is 0 Å². The van der Waals surface area contributed by atoms with Gasteiger partial charge < -0.3 is 5.32 Å². The number of nitriles is 1. The van der Waals surface area contributed by atoms with E-state index in [4.69, 9.17) is 16.9 Å². The monoisotopic (exact) mass is 266 g/mol. The topological polar surface area (TPSA) is 35.8 Å². The number of hydrogen-bond donors (Lipinski definition) is 1. The van der Waals surface area contributed by atoms with Crippen LogP contribution in [0.25, 0.3) is 0 Å². The average molecular weight is 267 g/mol. The zero-order valence-electron chi connectivity index (χ0n) is 9.58. The summed E-state index contributed by atoms with van der Waals surface area (Å²) in [5, 5.41) is 13.4. The Morgan fingerprint density at radius 1 is 1.47 bits per heavy atom. The fourth-order valence-electron chi connectivity index (χ4n) is 1.92. The van der Waals surface area contributed by atoms with Gasteiger partial charge in [-0.2, -0.15) is 17.0 Å². The van der Waals surface area contributed by atoms with Crippen molar-refractivity contribution in [1.29, 1.82) is 5.26 Å². The third kappa shape index (κ3) is 3.55. The van der Waals surface area contributed by atoms with Crippen molar-refractivity contribution in [3.8, 4) is 6.07 Å². The lowest BCUT2D eigenvalue weighted by Gasteiger charge is -2.22. The van der Waals surface area contributed by atoms with Crippen LogP contribution in [0.2, 0.25) is 5.02 Å². The van der Waals surface area contributed by atoms with Gasteiger partial charge in [0.05, 0.1) is 22.3 Å². The summed E-state index contributed by atoms with van der Waals surface area (Å²) in [6.45, 7) is 0.955. The van der Waals surface area contributed by atoms with Gasteiger partial charge in [0.15, 0.2) is 0 Å². The Labute approximate surface area is 111 Å². The zero-order chi connectivity index (χ0) is 12.1. The Morgan fingerprint density at radius 3 is 3.00 bits per heavy atom. The Bertz CT molecular complexity index is 422. The first-order chi connectivity index (χ1) is 8.29. The number of hydrogen-bond acceptors (Lipinski definition) is 3. The quantitative estimate of drug-likeness (QED) is 0.901. The molecule has 90 valence electrons. The molecule has 2 rings (SSSR count). The summed E-state index contributed by atoms with van der Waals surface area (Å²) in [4.78, 5) is 0. The van der Waals surface area contributed by atoms with E-state index < -0.39 is 0 Å². The van der Waals surface area contributed by atoms with E-state index in [0.717, 1.165) is 12.2 Å². The maximum absolute atomic E-state index is 8.75. The van der Waals surface area contributed by atoms with Crippen LogP contribution in [0, 0.1) is 11.3 Å². The van der Waals surface area contributed by atoms with Gasteiger partial charge in [0.2, 0.25) is 0 Å². The summed E-state index contributed by atoms with van der Waals surface area (Å²) in [6, 6.07) is 7.47. The predicted octanol–water partition coefficient (Wildman–Crippen LogP) is 3.91. The van der Waals surface area contributed by atoms with Crippen molar-refractivity contribution in [2.75, 3.05) is 17.6 Å². The van der Waals surface area contributed by atoms with E-state index in [9.17, 15) is 0 Å². The molecule has 1 aliphatic rings. The lowest BCUT2D eigenvalue weighted by Crippen LogP contribution is -2.20. The van der Waals surface area contributed by atoms with E-state index in [-0.39, 0.29) is 0 Å². The minimum Gasteiger partial charge on any atom is -0.383 e. The van der Waals surface area contributed by atoms with Crippen LogP contribution in [-0.2, 0) is 0 Å². The highest BCUT2D eigenvalue weighted by molar-refractivity contribution is 7.99. The average Bonchev–Trinajstić information content (AvgIpc) is 2.38. The molecule has 0 amide bonds. The van der Waals surface area contributed by atoms with E-state index in [1.807, 2.05) is 17.8 Å². The molecule has 4 heteroatoms. The first kappa shape index (κ1) is 12.6. The maximum Gasteiger partial charge on any atom is 0.0992 e. The smallest absolute Gasteiger partial charge is 0.0992 e. The zero-order valence-corrected chi connectivity index (χ0v) is 11.2. The third-order valence-electron chi connectivity index (χ3n) is 2.89. The molecule has 1 fully saturated rings. The first-order valence-corrected chi connectivity index (χ1v) is 7.27. The van der Waals surface area contributed by atoms with Crippen LogP contribution in [-0.4, -0.2) is 17.5 Å². The molecule has 0 bridgehead atoms. The molecule has 0 saturated carbocycles. The first-order valence-electron chi connectivity index (χ1n) is 5.85. The molecule has 1 aromatic carbocycles. The van der Waals surface area contributed by atoms with Crippen LogP contribution >= 0.6 is 23.4 Å². The lowest BCUT2D eigenvalue weighted by molar-refractivity contribution is 0.677. The van der Waals surface area contributed by atoms with E-state index in [1.54, 1.807) is 12.1 Å². The second kappa shape index (κ2) is 6.18. The van der Waals surface area contributed by atoms with E-state index in [0.29, 0.717) is 15.8 Å². The fraction of sp³-hybridized carbons (Fsp3) is 0.462. The molecule has 0 spiro atoms. The number of rotatable bonds is 3.